The third-order valence-corrected chi connectivity index (χ3v) is 5.46. The van der Waals surface area contributed by atoms with Crippen LogP contribution in [0.25, 0.3) is 0 Å². The first-order chi connectivity index (χ1) is 15.9. The van der Waals surface area contributed by atoms with Crippen LogP contribution in [-0.4, -0.2) is 52.8 Å². The van der Waals surface area contributed by atoms with E-state index in [0.29, 0.717) is 6.54 Å². The van der Waals surface area contributed by atoms with E-state index in [0.717, 1.165) is 36.8 Å². The molecule has 2 atom stereocenters. The van der Waals surface area contributed by atoms with Crippen molar-refractivity contribution in [1.29, 1.82) is 0 Å². The molecule has 1 aromatic carbocycles. The van der Waals surface area contributed by atoms with Gasteiger partial charge in [0.25, 0.3) is 0 Å². The Morgan fingerprint density at radius 3 is 2.15 bits per heavy atom. The molecule has 2 unspecified atom stereocenters. The fourth-order valence-corrected chi connectivity index (χ4v) is 3.74. The van der Waals surface area contributed by atoms with Crippen LogP contribution in [0.1, 0.15) is 84.4 Å². The summed E-state index contributed by atoms with van der Waals surface area (Å²) in [6, 6.07) is 5.79. The first-order valence-corrected chi connectivity index (χ1v) is 12.8. The lowest BCUT2D eigenvalue weighted by Crippen LogP contribution is -2.54. The molecular formula is C26H43N3O4S. The van der Waals surface area contributed by atoms with Gasteiger partial charge < -0.3 is 20.3 Å². The molecule has 0 aliphatic heterocycles. The van der Waals surface area contributed by atoms with E-state index in [1.54, 1.807) is 25.7 Å². The second kappa shape index (κ2) is 14.2. The molecule has 0 aliphatic rings. The van der Waals surface area contributed by atoms with Crippen LogP contribution in [0.15, 0.2) is 24.3 Å². The number of ether oxygens (including phenoxy) is 1. The second-order valence-electron chi connectivity index (χ2n) is 9.95. The standard InChI is InChI=1S/C26H43N3O4S/c1-8-9-10-11-16-29(24(31)21(17-34)28-25(32)33-26(5,6)7)22(23(30)27-18(2)3)20-14-12-19(4)13-15-20/h12-15,18,21-22,34H,8-11,16-17H2,1-7H3,(H,27,30)(H,28,32). The molecule has 0 fully saturated rings. The van der Waals surface area contributed by atoms with E-state index in [1.807, 2.05) is 45.0 Å². The topological polar surface area (TPSA) is 87.7 Å². The zero-order chi connectivity index (χ0) is 25.9. The summed E-state index contributed by atoms with van der Waals surface area (Å²) < 4.78 is 5.34. The maximum atomic E-state index is 13.7. The Balaban J connectivity index is 3.33. The van der Waals surface area contributed by atoms with E-state index < -0.39 is 23.8 Å². The van der Waals surface area contributed by atoms with Gasteiger partial charge in [0.15, 0.2) is 0 Å². The predicted octanol–water partition coefficient (Wildman–Crippen LogP) is 4.79. The molecule has 0 heterocycles. The number of nitrogens with zero attached hydrogens (tertiary/aromatic N) is 1. The molecule has 34 heavy (non-hydrogen) atoms. The van der Waals surface area contributed by atoms with Crippen LogP contribution >= 0.6 is 12.6 Å². The number of carbonyl (C=O) groups excluding carboxylic acids is 3. The van der Waals surface area contributed by atoms with Gasteiger partial charge in [0.1, 0.15) is 17.7 Å². The molecule has 0 saturated heterocycles. The van der Waals surface area contributed by atoms with Crippen LogP contribution in [0, 0.1) is 6.92 Å². The minimum absolute atomic E-state index is 0.0793. The maximum absolute atomic E-state index is 13.7. The lowest BCUT2D eigenvalue weighted by atomic mass is 10.0. The van der Waals surface area contributed by atoms with Crippen molar-refractivity contribution in [3.05, 3.63) is 35.4 Å². The van der Waals surface area contributed by atoms with Crippen LogP contribution in [0.4, 0.5) is 4.79 Å². The molecule has 1 rings (SSSR count). The minimum atomic E-state index is -0.927. The van der Waals surface area contributed by atoms with E-state index in [1.165, 1.54) is 0 Å². The van der Waals surface area contributed by atoms with E-state index >= 15 is 0 Å². The second-order valence-corrected chi connectivity index (χ2v) is 10.3. The predicted molar refractivity (Wildman–Crippen MR) is 140 cm³/mol. The number of benzene rings is 1. The third-order valence-electron chi connectivity index (χ3n) is 5.09. The van der Waals surface area contributed by atoms with Crippen molar-refractivity contribution in [2.75, 3.05) is 12.3 Å². The highest BCUT2D eigenvalue weighted by molar-refractivity contribution is 7.80. The Kier molecular flexibility index (Phi) is 12.5. The summed E-state index contributed by atoms with van der Waals surface area (Å²) in [6.45, 7) is 13.5. The molecule has 3 amide bonds. The fraction of sp³-hybridized carbons (Fsp3) is 0.654. The van der Waals surface area contributed by atoms with Crippen molar-refractivity contribution < 1.29 is 19.1 Å². The zero-order valence-electron chi connectivity index (χ0n) is 21.8. The summed E-state index contributed by atoms with van der Waals surface area (Å²) >= 11 is 4.32. The highest BCUT2D eigenvalue weighted by Crippen LogP contribution is 2.24. The van der Waals surface area contributed by atoms with Crippen molar-refractivity contribution >= 4 is 30.5 Å². The van der Waals surface area contributed by atoms with Crippen molar-refractivity contribution in [3.63, 3.8) is 0 Å². The van der Waals surface area contributed by atoms with Gasteiger partial charge in [-0.25, -0.2) is 4.79 Å². The Bertz CT molecular complexity index is 790. The number of rotatable bonds is 12. The molecule has 0 spiro atoms. The Morgan fingerprint density at radius 2 is 1.65 bits per heavy atom. The van der Waals surface area contributed by atoms with Gasteiger partial charge in [-0.1, -0.05) is 56.0 Å². The Morgan fingerprint density at radius 1 is 1.03 bits per heavy atom. The molecule has 7 nitrogen and oxygen atoms in total. The van der Waals surface area contributed by atoms with Gasteiger partial charge in [0, 0.05) is 18.3 Å². The zero-order valence-corrected chi connectivity index (χ0v) is 22.7. The summed E-state index contributed by atoms with van der Waals surface area (Å²) in [5, 5.41) is 5.60. The molecule has 0 bridgehead atoms. The average molecular weight is 494 g/mol. The van der Waals surface area contributed by atoms with Gasteiger partial charge in [0.2, 0.25) is 11.8 Å². The number of alkyl carbamates (subject to hydrolysis) is 1. The molecular weight excluding hydrogens is 450 g/mol. The van der Waals surface area contributed by atoms with Gasteiger partial charge in [-0.05, 0) is 53.5 Å². The molecule has 2 N–H and O–H groups in total. The summed E-state index contributed by atoms with van der Waals surface area (Å²) in [6.07, 6.45) is 3.11. The van der Waals surface area contributed by atoms with E-state index in [2.05, 4.69) is 30.2 Å². The highest BCUT2D eigenvalue weighted by atomic mass is 32.1. The number of nitrogens with one attached hydrogen (secondary N) is 2. The smallest absolute Gasteiger partial charge is 0.408 e. The monoisotopic (exact) mass is 493 g/mol. The number of amides is 3. The molecule has 8 heteroatoms. The van der Waals surface area contributed by atoms with Gasteiger partial charge in [-0.15, -0.1) is 0 Å². The normalized spacial score (nSPS) is 13.2. The van der Waals surface area contributed by atoms with Gasteiger partial charge in [-0.2, -0.15) is 12.6 Å². The largest absolute Gasteiger partial charge is 0.444 e. The van der Waals surface area contributed by atoms with Gasteiger partial charge >= 0.3 is 6.09 Å². The molecule has 0 aliphatic carbocycles. The molecule has 0 aromatic heterocycles. The Hall–Kier alpha value is -2.22. The number of carbonyl (C=O) groups is 3. The van der Waals surface area contributed by atoms with Crippen molar-refractivity contribution in [2.24, 2.45) is 0 Å². The van der Waals surface area contributed by atoms with Crippen LogP contribution < -0.4 is 10.6 Å². The Labute approximate surface area is 210 Å². The van der Waals surface area contributed by atoms with Crippen LogP contribution in [0.5, 0.6) is 0 Å². The summed E-state index contributed by atoms with van der Waals surface area (Å²) in [5.41, 5.74) is 1.09. The molecule has 192 valence electrons. The lowest BCUT2D eigenvalue weighted by molar-refractivity contribution is -0.142. The van der Waals surface area contributed by atoms with Gasteiger partial charge in [-0.3, -0.25) is 9.59 Å². The van der Waals surface area contributed by atoms with Crippen molar-refractivity contribution in [2.45, 2.75) is 97.9 Å². The number of aryl methyl sites for hydroxylation is 1. The average Bonchev–Trinajstić information content (AvgIpc) is 2.73. The first kappa shape index (κ1) is 29.8. The number of thiol groups is 1. The fourth-order valence-electron chi connectivity index (χ4n) is 3.50. The molecule has 1 aromatic rings. The van der Waals surface area contributed by atoms with Crippen molar-refractivity contribution in [1.82, 2.24) is 15.5 Å². The van der Waals surface area contributed by atoms with Crippen LogP contribution in [0.2, 0.25) is 0 Å². The minimum Gasteiger partial charge on any atom is -0.444 e. The summed E-state index contributed by atoms with van der Waals surface area (Å²) in [7, 11) is 0. The highest BCUT2D eigenvalue weighted by Gasteiger charge is 2.35. The number of unbranched alkanes of at least 4 members (excludes halogenated alkanes) is 3. The SMILES string of the molecule is CCCCCCN(C(=O)C(CS)NC(=O)OC(C)(C)C)C(C(=O)NC(C)C)c1ccc(C)cc1. The number of hydrogen-bond acceptors (Lipinski definition) is 5. The van der Waals surface area contributed by atoms with E-state index in [-0.39, 0.29) is 23.6 Å². The van der Waals surface area contributed by atoms with Crippen molar-refractivity contribution in [3.8, 4) is 0 Å². The summed E-state index contributed by atoms with van der Waals surface area (Å²) in [5.74, 6) is -0.532. The maximum Gasteiger partial charge on any atom is 0.408 e. The van der Waals surface area contributed by atoms with Gasteiger partial charge in [0.05, 0.1) is 0 Å². The quantitative estimate of drug-likeness (QED) is 0.288. The van der Waals surface area contributed by atoms with Crippen LogP contribution in [0.3, 0.4) is 0 Å². The number of hydrogen-bond donors (Lipinski definition) is 3. The first-order valence-electron chi connectivity index (χ1n) is 12.2. The van der Waals surface area contributed by atoms with Crippen LogP contribution in [-0.2, 0) is 14.3 Å². The molecule has 0 saturated carbocycles. The third kappa shape index (κ3) is 10.4. The molecule has 0 radical (unpaired) electrons. The van der Waals surface area contributed by atoms with E-state index in [4.69, 9.17) is 4.74 Å². The lowest BCUT2D eigenvalue weighted by Gasteiger charge is -2.34. The van der Waals surface area contributed by atoms with E-state index in [9.17, 15) is 14.4 Å². The summed E-state index contributed by atoms with van der Waals surface area (Å²) in [4.78, 5) is 41.1.